The molecule has 0 amide bonds. The van der Waals surface area contributed by atoms with Gasteiger partial charge in [0.25, 0.3) is 5.78 Å². The van der Waals surface area contributed by atoms with Gasteiger partial charge in [-0.25, -0.2) is 8.78 Å². The van der Waals surface area contributed by atoms with E-state index in [9.17, 15) is 8.78 Å². The van der Waals surface area contributed by atoms with Crippen molar-refractivity contribution in [1.82, 2.24) is 19.6 Å². The van der Waals surface area contributed by atoms with E-state index >= 15 is 0 Å². The number of hydrogen-bond acceptors (Lipinski definition) is 5. The van der Waals surface area contributed by atoms with Crippen LogP contribution in [-0.2, 0) is 0 Å². The number of hydrogen-bond donors (Lipinski definition) is 0. The first-order valence-corrected chi connectivity index (χ1v) is 7.46. The van der Waals surface area contributed by atoms with Gasteiger partial charge in [0.15, 0.2) is 0 Å². The lowest BCUT2D eigenvalue weighted by molar-refractivity contribution is 0.627. The summed E-state index contributed by atoms with van der Waals surface area (Å²) in [4.78, 5) is 8.66. The van der Waals surface area contributed by atoms with Gasteiger partial charge in [0, 0.05) is 23.0 Å². The fourth-order valence-electron chi connectivity index (χ4n) is 2.75. The van der Waals surface area contributed by atoms with Crippen molar-refractivity contribution in [3.63, 3.8) is 0 Å². The average molecular weight is 352 g/mol. The molecule has 0 bridgehead atoms. The Balaban J connectivity index is 2.04. The molecule has 2 aromatic carbocycles. The SMILES string of the molecule is CN(c1cccc(F)c1)c1nc2nncn2c2cc(N=[N+]=[N-])c(F)cc12. The van der Waals surface area contributed by atoms with Gasteiger partial charge in [0.1, 0.15) is 23.8 Å². The third-order valence-electron chi connectivity index (χ3n) is 3.97. The smallest absolute Gasteiger partial charge is 0.257 e. The highest BCUT2D eigenvalue weighted by atomic mass is 19.1. The molecule has 0 atom stereocenters. The Bertz CT molecular complexity index is 1200. The number of halogens is 2. The monoisotopic (exact) mass is 352 g/mol. The van der Waals surface area contributed by atoms with Crippen LogP contribution in [0.5, 0.6) is 0 Å². The van der Waals surface area contributed by atoms with E-state index in [2.05, 4.69) is 25.2 Å². The number of azide groups is 1. The van der Waals surface area contributed by atoms with Crippen molar-refractivity contribution in [2.45, 2.75) is 0 Å². The maximum absolute atomic E-state index is 14.3. The molecule has 2 heterocycles. The standard InChI is InChI=1S/C16H10F2N8/c1-25(10-4-2-3-9(17)5-10)15-11-6-12(18)13(22-24-19)7-14(11)26-8-20-23-16(26)21-15/h2-8H,1H3. The normalized spacial score (nSPS) is 10.9. The summed E-state index contributed by atoms with van der Waals surface area (Å²) >= 11 is 0. The van der Waals surface area contributed by atoms with Gasteiger partial charge in [-0.2, -0.15) is 4.98 Å². The minimum atomic E-state index is -0.696. The summed E-state index contributed by atoms with van der Waals surface area (Å²) < 4.78 is 29.5. The Kier molecular flexibility index (Phi) is 3.59. The summed E-state index contributed by atoms with van der Waals surface area (Å²) in [5, 5.41) is 11.5. The van der Waals surface area contributed by atoms with Crippen LogP contribution >= 0.6 is 0 Å². The highest BCUT2D eigenvalue weighted by Gasteiger charge is 2.17. The lowest BCUT2D eigenvalue weighted by Crippen LogP contribution is -2.13. The number of aromatic nitrogens is 4. The molecule has 0 aliphatic carbocycles. The van der Waals surface area contributed by atoms with Crippen molar-refractivity contribution in [2.75, 3.05) is 11.9 Å². The van der Waals surface area contributed by atoms with Crippen molar-refractivity contribution in [3.05, 3.63) is 64.8 Å². The molecule has 26 heavy (non-hydrogen) atoms. The fourth-order valence-corrected chi connectivity index (χ4v) is 2.75. The predicted molar refractivity (Wildman–Crippen MR) is 91.5 cm³/mol. The predicted octanol–water partition coefficient (Wildman–Crippen LogP) is 4.27. The summed E-state index contributed by atoms with van der Waals surface area (Å²) in [6.45, 7) is 0. The molecule has 0 unspecified atom stereocenters. The molecule has 128 valence electrons. The molecule has 0 saturated carbocycles. The number of nitrogens with zero attached hydrogens (tertiary/aromatic N) is 8. The highest BCUT2D eigenvalue weighted by Crippen LogP contribution is 2.33. The summed E-state index contributed by atoms with van der Waals surface area (Å²) in [5.74, 6) is -0.468. The lowest BCUT2D eigenvalue weighted by Gasteiger charge is -2.20. The van der Waals surface area contributed by atoms with Crippen LogP contribution in [0.4, 0.5) is 26.0 Å². The third kappa shape index (κ3) is 2.45. The van der Waals surface area contributed by atoms with Crippen molar-refractivity contribution in [3.8, 4) is 0 Å². The Labute approximate surface area is 145 Å². The summed E-state index contributed by atoms with van der Waals surface area (Å²) in [5.41, 5.74) is 9.49. The van der Waals surface area contributed by atoms with E-state index in [-0.39, 0.29) is 11.5 Å². The third-order valence-corrected chi connectivity index (χ3v) is 3.97. The zero-order valence-electron chi connectivity index (χ0n) is 13.4. The van der Waals surface area contributed by atoms with Crippen LogP contribution in [0.1, 0.15) is 0 Å². The van der Waals surface area contributed by atoms with Crippen molar-refractivity contribution < 1.29 is 8.78 Å². The van der Waals surface area contributed by atoms with E-state index in [1.807, 2.05) is 0 Å². The first-order chi connectivity index (χ1) is 12.6. The summed E-state index contributed by atoms with van der Waals surface area (Å²) in [6, 6.07) is 8.56. The Morgan fingerprint density at radius 1 is 1.23 bits per heavy atom. The molecule has 10 heteroatoms. The van der Waals surface area contributed by atoms with E-state index in [1.54, 1.807) is 28.5 Å². The molecule has 2 aromatic heterocycles. The van der Waals surface area contributed by atoms with Gasteiger partial charge in [-0.3, -0.25) is 4.40 Å². The van der Waals surface area contributed by atoms with Gasteiger partial charge < -0.3 is 4.90 Å². The van der Waals surface area contributed by atoms with Crippen molar-refractivity contribution in [2.24, 2.45) is 5.11 Å². The Morgan fingerprint density at radius 3 is 2.85 bits per heavy atom. The van der Waals surface area contributed by atoms with Crippen LogP contribution in [-0.4, -0.2) is 26.6 Å². The van der Waals surface area contributed by atoms with E-state index < -0.39 is 11.6 Å². The molecule has 0 spiro atoms. The highest BCUT2D eigenvalue weighted by molar-refractivity contribution is 5.95. The second-order valence-electron chi connectivity index (χ2n) is 5.49. The Morgan fingerprint density at radius 2 is 2.08 bits per heavy atom. The number of rotatable bonds is 3. The van der Waals surface area contributed by atoms with Gasteiger partial charge in [0.2, 0.25) is 0 Å². The Hall–Kier alpha value is -3.78. The number of benzene rings is 2. The second kappa shape index (κ2) is 5.94. The topological polar surface area (TPSA) is 95.1 Å². The second-order valence-corrected chi connectivity index (χ2v) is 5.49. The quantitative estimate of drug-likeness (QED) is 0.312. The van der Waals surface area contributed by atoms with Crippen LogP contribution < -0.4 is 4.90 Å². The van der Waals surface area contributed by atoms with Crippen LogP contribution in [0.3, 0.4) is 0 Å². The first kappa shape index (κ1) is 15.7. The fraction of sp³-hybridized carbons (Fsp3) is 0.0625. The van der Waals surface area contributed by atoms with Gasteiger partial charge in [-0.05, 0) is 35.9 Å². The van der Waals surface area contributed by atoms with Crippen LogP contribution in [0.15, 0.2) is 47.8 Å². The molecular weight excluding hydrogens is 342 g/mol. The van der Waals surface area contributed by atoms with Crippen LogP contribution in [0.25, 0.3) is 27.1 Å². The molecule has 0 saturated heterocycles. The minimum Gasteiger partial charge on any atom is -0.329 e. The van der Waals surface area contributed by atoms with Crippen molar-refractivity contribution in [1.29, 1.82) is 0 Å². The molecule has 0 fully saturated rings. The molecule has 0 aliphatic heterocycles. The summed E-state index contributed by atoms with van der Waals surface area (Å²) in [6.07, 6.45) is 1.43. The molecule has 0 N–H and O–H groups in total. The minimum absolute atomic E-state index is 0.152. The maximum Gasteiger partial charge on any atom is 0.257 e. The van der Waals surface area contributed by atoms with Gasteiger partial charge in [-0.1, -0.05) is 11.2 Å². The van der Waals surface area contributed by atoms with Gasteiger partial charge >= 0.3 is 0 Å². The molecule has 0 radical (unpaired) electrons. The van der Waals surface area contributed by atoms with E-state index in [4.69, 9.17) is 5.53 Å². The molecule has 8 nitrogen and oxygen atoms in total. The van der Waals surface area contributed by atoms with Gasteiger partial charge in [-0.15, -0.1) is 10.2 Å². The molecule has 4 aromatic rings. The summed E-state index contributed by atoms with van der Waals surface area (Å²) in [7, 11) is 1.68. The molecule has 0 aliphatic rings. The average Bonchev–Trinajstić information content (AvgIpc) is 3.10. The van der Waals surface area contributed by atoms with E-state index in [0.29, 0.717) is 22.4 Å². The lowest BCUT2D eigenvalue weighted by atomic mass is 10.2. The largest absolute Gasteiger partial charge is 0.329 e. The van der Waals surface area contributed by atoms with Crippen LogP contribution in [0, 0.1) is 11.6 Å². The number of anilines is 2. The maximum atomic E-state index is 14.3. The molecule has 4 rings (SSSR count). The van der Waals surface area contributed by atoms with Crippen LogP contribution in [0.2, 0.25) is 0 Å². The zero-order chi connectivity index (χ0) is 18.3. The van der Waals surface area contributed by atoms with E-state index in [1.165, 1.54) is 30.6 Å². The van der Waals surface area contributed by atoms with Gasteiger partial charge in [0.05, 0.1) is 11.2 Å². The van der Waals surface area contributed by atoms with Crippen molar-refractivity contribution >= 4 is 33.9 Å². The zero-order valence-corrected chi connectivity index (χ0v) is 13.4. The number of fused-ring (bicyclic) bond motifs is 3. The first-order valence-electron chi connectivity index (χ1n) is 7.46. The van der Waals surface area contributed by atoms with E-state index in [0.717, 1.165) is 0 Å². The molecular formula is C16H10F2N8.